The molecular formula is C37H52F2N2O5. The lowest BCUT2D eigenvalue weighted by Gasteiger charge is -2.19. The van der Waals surface area contributed by atoms with Gasteiger partial charge >= 0.3 is 0 Å². The minimum atomic E-state index is -0.739. The zero-order valence-electron chi connectivity index (χ0n) is 28.4. The minimum Gasteiger partial charge on any atom is -0.463 e. The lowest BCUT2D eigenvalue weighted by molar-refractivity contribution is -0.129. The molecule has 3 aromatic rings. The van der Waals surface area contributed by atoms with Crippen molar-refractivity contribution in [3.63, 3.8) is 0 Å². The van der Waals surface area contributed by atoms with Crippen molar-refractivity contribution in [3.05, 3.63) is 101 Å². The molecule has 0 saturated carbocycles. The number of rotatable bonds is 7. The standard InChI is InChI=1S/C16H15F2NO.C8H8O2.C6H11NO.C3H8.C2H4O.C2H6/c1-2-3-11-4-6-14(8-12(11)10-19)20-16-7-5-13(17)9-15(16)18;9-7-10-6-8-4-2-1-3-5-8;1-7-4-2-6(8)3-5-7;1-3-2;1-2-3;1-2/h2-9H,10,19H2,1H3;1-5,7H,6H2;2-5H2,1H3;3H2,1-2H3;2H,1H3;1-2H3/b3-2+;;;;;. The number of nitrogens with two attached hydrogens (primary N) is 1. The fourth-order valence-corrected chi connectivity index (χ4v) is 3.42. The van der Waals surface area contributed by atoms with Crippen molar-refractivity contribution < 1.29 is 32.6 Å². The second-order valence-electron chi connectivity index (χ2n) is 9.42. The normalized spacial score (nSPS) is 11.7. The van der Waals surface area contributed by atoms with E-state index in [-0.39, 0.29) is 5.75 Å². The van der Waals surface area contributed by atoms with Crippen molar-refractivity contribution in [3.8, 4) is 11.5 Å². The monoisotopic (exact) mass is 642 g/mol. The summed E-state index contributed by atoms with van der Waals surface area (Å²) in [6.45, 7) is 14.7. The molecule has 1 saturated heterocycles. The number of halogens is 2. The predicted octanol–water partition coefficient (Wildman–Crippen LogP) is 8.54. The van der Waals surface area contributed by atoms with E-state index in [9.17, 15) is 18.4 Å². The molecule has 0 atom stereocenters. The zero-order chi connectivity index (χ0) is 35.2. The fourth-order valence-electron chi connectivity index (χ4n) is 3.42. The third-order valence-electron chi connectivity index (χ3n) is 5.51. The molecule has 0 spiro atoms. The van der Waals surface area contributed by atoms with Crippen LogP contribution in [0.4, 0.5) is 8.78 Å². The van der Waals surface area contributed by atoms with Gasteiger partial charge in [-0.1, -0.05) is 82.7 Å². The van der Waals surface area contributed by atoms with E-state index in [4.69, 9.17) is 15.3 Å². The van der Waals surface area contributed by atoms with E-state index in [0.717, 1.165) is 61.0 Å². The molecular weight excluding hydrogens is 590 g/mol. The molecule has 3 aromatic carbocycles. The Labute approximate surface area is 274 Å². The van der Waals surface area contributed by atoms with Crippen molar-refractivity contribution >= 4 is 24.6 Å². The highest BCUT2D eigenvalue weighted by atomic mass is 19.1. The maximum atomic E-state index is 13.5. The van der Waals surface area contributed by atoms with Gasteiger partial charge in [0.05, 0.1) is 0 Å². The van der Waals surface area contributed by atoms with E-state index in [1.807, 2.05) is 76.4 Å². The van der Waals surface area contributed by atoms with Crippen LogP contribution in [0.5, 0.6) is 11.5 Å². The first-order valence-electron chi connectivity index (χ1n) is 15.5. The first kappa shape index (κ1) is 43.9. The maximum Gasteiger partial charge on any atom is 0.293 e. The Kier molecular flexibility index (Phi) is 28.2. The molecule has 9 heteroatoms. The Morgan fingerprint density at radius 3 is 1.98 bits per heavy atom. The van der Waals surface area contributed by atoms with Gasteiger partial charge < -0.3 is 24.9 Å². The van der Waals surface area contributed by atoms with Crippen LogP contribution >= 0.6 is 0 Å². The SMILES string of the molecule is C/C=C/c1ccc(Oc2ccc(F)cc2F)cc1CN.CC.CC=O.CCC.CN1CCC(=O)CC1.O=COCc1ccccc1. The van der Waals surface area contributed by atoms with Gasteiger partial charge in [-0.15, -0.1) is 0 Å². The summed E-state index contributed by atoms with van der Waals surface area (Å²) in [4.78, 5) is 31.3. The van der Waals surface area contributed by atoms with E-state index in [1.54, 1.807) is 12.1 Å². The number of carbonyl (C=O) groups excluding carboxylic acids is 3. The molecule has 0 unspecified atom stereocenters. The van der Waals surface area contributed by atoms with Crippen molar-refractivity contribution in [1.82, 2.24) is 4.90 Å². The smallest absolute Gasteiger partial charge is 0.293 e. The average Bonchev–Trinajstić information content (AvgIpc) is 3.06. The van der Waals surface area contributed by atoms with Gasteiger partial charge in [0.15, 0.2) is 11.6 Å². The summed E-state index contributed by atoms with van der Waals surface area (Å²) in [5, 5.41) is 0. The van der Waals surface area contributed by atoms with Gasteiger partial charge in [0.1, 0.15) is 30.2 Å². The van der Waals surface area contributed by atoms with Crippen LogP contribution < -0.4 is 10.5 Å². The number of piperidine rings is 1. The number of allylic oxidation sites excluding steroid dienone is 1. The molecule has 0 amide bonds. The number of Topliss-reactive ketones (excluding diaryl/α,β-unsaturated/α-hetero) is 1. The fraction of sp³-hybridized carbons (Fsp3) is 0.378. The quantitative estimate of drug-likeness (QED) is 0.258. The molecule has 0 bridgehead atoms. The summed E-state index contributed by atoms with van der Waals surface area (Å²) in [5.74, 6) is -0.516. The molecule has 1 fully saturated rings. The topological polar surface area (TPSA) is 98.9 Å². The number of nitrogens with zero attached hydrogens (tertiary/aromatic N) is 1. The van der Waals surface area contributed by atoms with Crippen LogP contribution in [0.15, 0.2) is 72.8 Å². The summed E-state index contributed by atoms with van der Waals surface area (Å²) in [7, 11) is 2.05. The molecule has 0 aliphatic carbocycles. The molecule has 1 aliphatic heterocycles. The number of hydrogen-bond acceptors (Lipinski definition) is 7. The van der Waals surface area contributed by atoms with Crippen LogP contribution in [0.2, 0.25) is 0 Å². The number of ketones is 1. The predicted molar refractivity (Wildman–Crippen MR) is 184 cm³/mol. The second-order valence-corrected chi connectivity index (χ2v) is 9.42. The summed E-state index contributed by atoms with van der Waals surface area (Å²) in [6, 6.07) is 18.1. The first-order valence-corrected chi connectivity index (χ1v) is 15.5. The lowest BCUT2D eigenvalue weighted by Crippen LogP contribution is -2.29. The maximum absolute atomic E-state index is 13.5. The number of ether oxygens (including phenoxy) is 2. The van der Waals surface area contributed by atoms with Crippen molar-refractivity contribution in [2.24, 2.45) is 5.73 Å². The molecule has 4 rings (SSSR count). The van der Waals surface area contributed by atoms with Gasteiger partial charge in [0, 0.05) is 38.5 Å². The lowest BCUT2D eigenvalue weighted by atomic mass is 10.1. The minimum absolute atomic E-state index is 0.0202. The van der Waals surface area contributed by atoms with Crippen LogP contribution in [-0.4, -0.2) is 43.6 Å². The summed E-state index contributed by atoms with van der Waals surface area (Å²) >= 11 is 0. The summed E-state index contributed by atoms with van der Waals surface area (Å²) < 4.78 is 36.3. The van der Waals surface area contributed by atoms with E-state index in [1.165, 1.54) is 19.4 Å². The molecule has 254 valence electrons. The van der Waals surface area contributed by atoms with Crippen LogP contribution in [0, 0.1) is 11.6 Å². The Morgan fingerprint density at radius 1 is 0.913 bits per heavy atom. The largest absolute Gasteiger partial charge is 0.463 e. The van der Waals surface area contributed by atoms with Gasteiger partial charge in [-0.25, -0.2) is 8.78 Å². The van der Waals surface area contributed by atoms with E-state index < -0.39 is 11.6 Å². The Balaban J connectivity index is 0. The number of likely N-dealkylation sites (tertiary alicyclic amines) is 1. The molecule has 7 nitrogen and oxygen atoms in total. The third-order valence-corrected chi connectivity index (χ3v) is 5.51. The van der Waals surface area contributed by atoms with Gasteiger partial charge in [-0.3, -0.25) is 9.59 Å². The highest BCUT2D eigenvalue weighted by Gasteiger charge is 2.11. The van der Waals surface area contributed by atoms with Crippen LogP contribution in [0.1, 0.15) is 77.5 Å². The van der Waals surface area contributed by atoms with Crippen molar-refractivity contribution in [1.29, 1.82) is 0 Å². The van der Waals surface area contributed by atoms with Gasteiger partial charge in [0.2, 0.25) is 0 Å². The van der Waals surface area contributed by atoms with E-state index in [0.29, 0.717) is 31.2 Å². The molecule has 0 radical (unpaired) electrons. The third kappa shape index (κ3) is 21.5. The molecule has 1 aliphatic rings. The Bertz CT molecular complexity index is 1240. The van der Waals surface area contributed by atoms with Crippen LogP contribution in [0.3, 0.4) is 0 Å². The van der Waals surface area contributed by atoms with Crippen LogP contribution in [-0.2, 0) is 32.3 Å². The van der Waals surface area contributed by atoms with Crippen LogP contribution in [0.25, 0.3) is 6.08 Å². The highest BCUT2D eigenvalue weighted by molar-refractivity contribution is 5.79. The Hall–Kier alpha value is -4.21. The number of carbonyl (C=O) groups is 3. The highest BCUT2D eigenvalue weighted by Crippen LogP contribution is 2.27. The van der Waals surface area contributed by atoms with E-state index >= 15 is 0 Å². The van der Waals surface area contributed by atoms with Gasteiger partial charge in [0.25, 0.3) is 6.47 Å². The second kappa shape index (κ2) is 29.5. The summed E-state index contributed by atoms with van der Waals surface area (Å²) in [5.41, 5.74) is 8.57. The van der Waals surface area contributed by atoms with Gasteiger partial charge in [-0.2, -0.15) is 0 Å². The molecule has 1 heterocycles. The number of benzene rings is 3. The number of hydrogen-bond donors (Lipinski definition) is 1. The zero-order valence-corrected chi connectivity index (χ0v) is 28.4. The summed E-state index contributed by atoms with van der Waals surface area (Å²) in [6.07, 6.45) is 7.37. The molecule has 0 aromatic heterocycles. The first-order chi connectivity index (χ1) is 22.2. The van der Waals surface area contributed by atoms with Crippen molar-refractivity contribution in [2.45, 2.75) is 74.0 Å². The van der Waals surface area contributed by atoms with Gasteiger partial charge in [-0.05, 0) is 61.9 Å². The van der Waals surface area contributed by atoms with E-state index in [2.05, 4.69) is 23.5 Å². The molecule has 46 heavy (non-hydrogen) atoms. The molecule has 2 N–H and O–H groups in total. The number of aldehydes is 1. The average molecular weight is 643 g/mol. The van der Waals surface area contributed by atoms with Crippen molar-refractivity contribution in [2.75, 3.05) is 20.1 Å². The Morgan fingerprint density at radius 2 is 1.50 bits per heavy atom.